The van der Waals surface area contributed by atoms with Crippen molar-refractivity contribution in [2.24, 2.45) is 5.92 Å². The molecule has 26 heavy (non-hydrogen) atoms. The number of hydrogen-bond donors (Lipinski definition) is 0. The Kier molecular flexibility index (Phi) is 4.30. The van der Waals surface area contributed by atoms with Gasteiger partial charge in [-0.05, 0) is 82.5 Å². The summed E-state index contributed by atoms with van der Waals surface area (Å²) in [7, 11) is 2.27. The van der Waals surface area contributed by atoms with Gasteiger partial charge in [0.1, 0.15) is 5.60 Å². The van der Waals surface area contributed by atoms with Crippen molar-refractivity contribution < 1.29 is 9.53 Å². The second-order valence-electron chi connectivity index (χ2n) is 9.51. The van der Waals surface area contributed by atoms with Gasteiger partial charge >= 0.3 is 6.09 Å². The maximum absolute atomic E-state index is 12.5. The molecule has 2 saturated heterocycles. The Balaban J connectivity index is 1.56. The first kappa shape index (κ1) is 17.8. The van der Waals surface area contributed by atoms with E-state index < -0.39 is 5.60 Å². The highest BCUT2D eigenvalue weighted by Crippen LogP contribution is 2.54. The molecule has 4 nitrogen and oxygen atoms in total. The number of hydrogen-bond acceptors (Lipinski definition) is 3. The molecular formula is C22H32N2O2. The van der Waals surface area contributed by atoms with Crippen LogP contribution in [0.5, 0.6) is 0 Å². The van der Waals surface area contributed by atoms with Gasteiger partial charge in [0, 0.05) is 19.1 Å². The molecule has 1 aromatic carbocycles. The molecule has 4 heteroatoms. The van der Waals surface area contributed by atoms with E-state index >= 15 is 0 Å². The van der Waals surface area contributed by atoms with Gasteiger partial charge in [0.05, 0.1) is 0 Å². The fourth-order valence-corrected chi connectivity index (χ4v) is 5.50. The van der Waals surface area contributed by atoms with Crippen molar-refractivity contribution in [3.05, 3.63) is 35.4 Å². The summed E-state index contributed by atoms with van der Waals surface area (Å²) in [4.78, 5) is 16.9. The van der Waals surface area contributed by atoms with Crippen molar-refractivity contribution in [2.45, 2.75) is 63.5 Å². The number of fused-ring (bicyclic) bond motifs is 4. The summed E-state index contributed by atoms with van der Waals surface area (Å²) < 4.78 is 5.59. The topological polar surface area (TPSA) is 32.8 Å². The molecule has 2 aliphatic heterocycles. The van der Waals surface area contributed by atoms with Crippen LogP contribution in [0, 0.1) is 5.92 Å². The standard InChI is InChI=1S/C22H32N2O2/c1-21(2,3)26-20(25)24-13-10-22(11-14-24)15-16-9-12-23(4)19(16)17-7-5-6-8-18(17)22/h5-8,16,19H,9-15H2,1-4H3/t16-,19-/m0/s1. The first-order valence-corrected chi connectivity index (χ1v) is 10.1. The van der Waals surface area contributed by atoms with Gasteiger partial charge in [-0.2, -0.15) is 0 Å². The van der Waals surface area contributed by atoms with Gasteiger partial charge in [-0.15, -0.1) is 0 Å². The van der Waals surface area contributed by atoms with Crippen molar-refractivity contribution in [3.63, 3.8) is 0 Å². The summed E-state index contributed by atoms with van der Waals surface area (Å²) in [5.41, 5.74) is 2.89. The highest BCUT2D eigenvalue weighted by Gasteiger charge is 2.49. The van der Waals surface area contributed by atoms with Gasteiger partial charge in [-0.1, -0.05) is 24.3 Å². The molecule has 1 aliphatic carbocycles. The van der Waals surface area contributed by atoms with Crippen molar-refractivity contribution in [1.82, 2.24) is 9.80 Å². The average Bonchev–Trinajstić information content (AvgIpc) is 2.95. The molecule has 3 aliphatic rings. The van der Waals surface area contributed by atoms with E-state index in [1.807, 2.05) is 25.7 Å². The third kappa shape index (κ3) is 3.02. The molecule has 0 radical (unpaired) electrons. The zero-order chi connectivity index (χ0) is 18.5. The number of benzene rings is 1. The van der Waals surface area contributed by atoms with E-state index in [1.54, 1.807) is 5.56 Å². The van der Waals surface area contributed by atoms with Gasteiger partial charge < -0.3 is 9.64 Å². The van der Waals surface area contributed by atoms with Crippen LogP contribution in [0.15, 0.2) is 24.3 Å². The van der Waals surface area contributed by atoms with Crippen LogP contribution in [-0.4, -0.2) is 48.2 Å². The highest BCUT2D eigenvalue weighted by molar-refractivity contribution is 5.68. The average molecular weight is 357 g/mol. The zero-order valence-electron chi connectivity index (χ0n) is 16.6. The van der Waals surface area contributed by atoms with Crippen LogP contribution in [0.25, 0.3) is 0 Å². The number of rotatable bonds is 0. The van der Waals surface area contributed by atoms with Crippen LogP contribution in [0.1, 0.15) is 63.6 Å². The van der Waals surface area contributed by atoms with E-state index in [0.29, 0.717) is 6.04 Å². The van der Waals surface area contributed by atoms with E-state index in [9.17, 15) is 4.79 Å². The molecule has 0 saturated carbocycles. The third-order valence-corrected chi connectivity index (χ3v) is 6.65. The highest BCUT2D eigenvalue weighted by atomic mass is 16.6. The summed E-state index contributed by atoms with van der Waals surface area (Å²) >= 11 is 0. The summed E-state index contributed by atoms with van der Waals surface area (Å²) in [5, 5.41) is 0. The third-order valence-electron chi connectivity index (χ3n) is 6.65. The lowest BCUT2D eigenvalue weighted by Crippen LogP contribution is -2.49. The fraction of sp³-hybridized carbons (Fsp3) is 0.682. The second kappa shape index (κ2) is 6.26. The molecule has 0 bridgehead atoms. The Morgan fingerprint density at radius 2 is 1.85 bits per heavy atom. The van der Waals surface area contributed by atoms with Gasteiger partial charge in [0.2, 0.25) is 0 Å². The Morgan fingerprint density at radius 1 is 1.15 bits per heavy atom. The lowest BCUT2D eigenvalue weighted by molar-refractivity contribution is 0.0136. The smallest absolute Gasteiger partial charge is 0.410 e. The Hall–Kier alpha value is -1.55. The van der Waals surface area contributed by atoms with Gasteiger partial charge in [0.15, 0.2) is 0 Å². The molecule has 142 valence electrons. The molecule has 2 heterocycles. The monoisotopic (exact) mass is 356 g/mol. The molecule has 0 unspecified atom stereocenters. The van der Waals surface area contributed by atoms with Gasteiger partial charge in [0.25, 0.3) is 0 Å². The quantitative estimate of drug-likeness (QED) is 0.693. The number of carbonyl (C=O) groups is 1. The normalized spacial score (nSPS) is 27.9. The van der Waals surface area contributed by atoms with E-state index in [2.05, 4.69) is 36.2 Å². The molecule has 4 rings (SSSR count). The van der Waals surface area contributed by atoms with E-state index in [1.165, 1.54) is 24.9 Å². The maximum Gasteiger partial charge on any atom is 0.410 e. The summed E-state index contributed by atoms with van der Waals surface area (Å²) in [6, 6.07) is 9.66. The molecular weight excluding hydrogens is 324 g/mol. The minimum atomic E-state index is -0.425. The fourth-order valence-electron chi connectivity index (χ4n) is 5.50. The molecule has 0 N–H and O–H groups in total. The predicted octanol–water partition coefficient (Wildman–Crippen LogP) is 4.35. The van der Waals surface area contributed by atoms with Crippen LogP contribution in [-0.2, 0) is 10.2 Å². The molecule has 2 fully saturated rings. The van der Waals surface area contributed by atoms with Crippen molar-refractivity contribution >= 4 is 6.09 Å². The van der Waals surface area contributed by atoms with Crippen LogP contribution in [0.2, 0.25) is 0 Å². The number of carbonyl (C=O) groups excluding carboxylic acids is 1. The van der Waals surface area contributed by atoms with Gasteiger partial charge in [-0.3, -0.25) is 4.90 Å². The first-order chi connectivity index (χ1) is 12.3. The first-order valence-electron chi connectivity index (χ1n) is 10.1. The predicted molar refractivity (Wildman–Crippen MR) is 103 cm³/mol. The number of likely N-dealkylation sites (tertiary alicyclic amines) is 2. The van der Waals surface area contributed by atoms with Crippen LogP contribution in [0.4, 0.5) is 4.79 Å². The maximum atomic E-state index is 12.5. The van der Waals surface area contributed by atoms with Gasteiger partial charge in [-0.25, -0.2) is 4.79 Å². The van der Waals surface area contributed by atoms with Crippen LogP contribution in [0.3, 0.4) is 0 Å². The summed E-state index contributed by atoms with van der Waals surface area (Å²) in [6.07, 6.45) is 4.51. The molecule has 2 atom stereocenters. The Labute approximate surface area is 157 Å². The second-order valence-corrected chi connectivity index (χ2v) is 9.51. The molecule has 0 aromatic heterocycles. The van der Waals surface area contributed by atoms with E-state index in [4.69, 9.17) is 4.74 Å². The zero-order valence-corrected chi connectivity index (χ0v) is 16.6. The SMILES string of the molecule is CN1CC[C@H]2CC3(CCN(C(=O)OC(C)(C)C)CC3)c3ccccc3[C@H]21. The Bertz CT molecular complexity index is 686. The van der Waals surface area contributed by atoms with E-state index in [-0.39, 0.29) is 11.5 Å². The molecule has 1 spiro atoms. The van der Waals surface area contributed by atoms with Crippen LogP contribution < -0.4 is 0 Å². The summed E-state index contributed by atoms with van der Waals surface area (Å²) in [6.45, 7) is 8.61. The molecule has 1 aromatic rings. The number of amides is 1. The minimum Gasteiger partial charge on any atom is -0.444 e. The Morgan fingerprint density at radius 3 is 2.54 bits per heavy atom. The van der Waals surface area contributed by atoms with Crippen molar-refractivity contribution in [2.75, 3.05) is 26.7 Å². The largest absolute Gasteiger partial charge is 0.444 e. The number of ether oxygens (including phenoxy) is 1. The van der Waals surface area contributed by atoms with Crippen molar-refractivity contribution in [1.29, 1.82) is 0 Å². The minimum absolute atomic E-state index is 0.157. The lowest BCUT2D eigenvalue weighted by atomic mass is 9.60. The van der Waals surface area contributed by atoms with Crippen LogP contribution >= 0.6 is 0 Å². The number of nitrogens with zero attached hydrogens (tertiary/aromatic N) is 2. The van der Waals surface area contributed by atoms with Crippen molar-refractivity contribution in [3.8, 4) is 0 Å². The summed E-state index contributed by atoms with van der Waals surface area (Å²) in [5.74, 6) is 0.753. The van der Waals surface area contributed by atoms with E-state index in [0.717, 1.165) is 31.8 Å². The lowest BCUT2D eigenvalue weighted by Gasteiger charge is -2.49. The number of piperidine rings is 1. The molecule has 1 amide bonds.